The van der Waals surface area contributed by atoms with E-state index in [1.807, 2.05) is 12.1 Å². The Morgan fingerprint density at radius 3 is 3.00 bits per heavy atom. The minimum atomic E-state index is -0.505. The van der Waals surface area contributed by atoms with E-state index in [0.29, 0.717) is 26.4 Å². The first-order valence-electron chi connectivity index (χ1n) is 7.06. The van der Waals surface area contributed by atoms with Gasteiger partial charge in [0, 0.05) is 31.9 Å². The number of aliphatic hydroxyl groups excluding tert-OH is 1. The quantitative estimate of drug-likeness (QED) is 0.727. The van der Waals surface area contributed by atoms with Crippen LogP contribution in [0.3, 0.4) is 0 Å². The van der Waals surface area contributed by atoms with Gasteiger partial charge in [0.2, 0.25) is 0 Å². The number of nitrogens with zero attached hydrogens (tertiary/aromatic N) is 1. The Bertz CT molecular complexity index is 414. The topological polar surface area (TPSA) is 68.0 Å². The lowest BCUT2D eigenvalue weighted by atomic mass is 9.97. The van der Waals surface area contributed by atoms with Crippen LogP contribution in [0.4, 0.5) is 5.69 Å². The molecule has 2 unspecified atom stereocenters. The maximum absolute atomic E-state index is 10.1. The number of aliphatic hydroxyl groups is 1. The zero-order valence-electron chi connectivity index (χ0n) is 12.0. The van der Waals surface area contributed by atoms with Crippen molar-refractivity contribution in [3.63, 3.8) is 0 Å². The summed E-state index contributed by atoms with van der Waals surface area (Å²) in [6.45, 7) is 2.82. The summed E-state index contributed by atoms with van der Waals surface area (Å²) in [6.07, 6.45) is 0.406. The van der Waals surface area contributed by atoms with E-state index in [1.165, 1.54) is 0 Å². The monoisotopic (exact) mass is 280 g/mol. The maximum atomic E-state index is 10.1. The fourth-order valence-corrected chi connectivity index (χ4v) is 2.52. The third-order valence-electron chi connectivity index (χ3n) is 3.56. The summed E-state index contributed by atoms with van der Waals surface area (Å²) in [5, 5.41) is 10.1. The van der Waals surface area contributed by atoms with Crippen molar-refractivity contribution in [2.24, 2.45) is 5.73 Å². The van der Waals surface area contributed by atoms with Crippen molar-refractivity contribution in [1.29, 1.82) is 0 Å². The van der Waals surface area contributed by atoms with Gasteiger partial charge in [0.25, 0.3) is 0 Å². The van der Waals surface area contributed by atoms with E-state index >= 15 is 0 Å². The van der Waals surface area contributed by atoms with Crippen molar-refractivity contribution in [3.05, 3.63) is 29.8 Å². The van der Waals surface area contributed by atoms with Gasteiger partial charge in [-0.2, -0.15) is 0 Å². The molecule has 0 aromatic heterocycles. The third-order valence-corrected chi connectivity index (χ3v) is 3.56. The van der Waals surface area contributed by atoms with E-state index in [-0.39, 0.29) is 6.04 Å². The van der Waals surface area contributed by atoms with Crippen LogP contribution >= 0.6 is 0 Å². The molecule has 112 valence electrons. The first-order valence-corrected chi connectivity index (χ1v) is 7.06. The Morgan fingerprint density at radius 2 is 2.20 bits per heavy atom. The fourth-order valence-electron chi connectivity index (χ4n) is 2.52. The van der Waals surface area contributed by atoms with Crippen molar-refractivity contribution in [3.8, 4) is 0 Å². The molecule has 2 atom stereocenters. The molecule has 0 amide bonds. The van der Waals surface area contributed by atoms with Crippen LogP contribution in [-0.2, 0) is 9.47 Å². The zero-order chi connectivity index (χ0) is 14.4. The minimum Gasteiger partial charge on any atom is -0.389 e. The van der Waals surface area contributed by atoms with Crippen molar-refractivity contribution >= 4 is 5.69 Å². The Labute approximate surface area is 120 Å². The third kappa shape index (κ3) is 3.93. The van der Waals surface area contributed by atoms with Crippen LogP contribution in [0.15, 0.2) is 24.3 Å². The van der Waals surface area contributed by atoms with Crippen molar-refractivity contribution in [1.82, 2.24) is 0 Å². The van der Waals surface area contributed by atoms with E-state index in [9.17, 15) is 5.11 Å². The van der Waals surface area contributed by atoms with Crippen molar-refractivity contribution in [2.75, 3.05) is 44.9 Å². The molecule has 0 bridgehead atoms. The summed E-state index contributed by atoms with van der Waals surface area (Å²) in [7, 11) is 1.63. The number of anilines is 1. The van der Waals surface area contributed by atoms with Gasteiger partial charge < -0.3 is 25.2 Å². The molecule has 5 nitrogen and oxygen atoms in total. The van der Waals surface area contributed by atoms with Crippen LogP contribution in [0.2, 0.25) is 0 Å². The lowest BCUT2D eigenvalue weighted by molar-refractivity contribution is 0.0160. The second kappa shape index (κ2) is 7.59. The van der Waals surface area contributed by atoms with Crippen LogP contribution in [-0.4, -0.2) is 51.2 Å². The summed E-state index contributed by atoms with van der Waals surface area (Å²) in [4.78, 5) is 2.18. The number of hydrogen-bond donors (Lipinski definition) is 2. The number of nitrogens with two attached hydrogens (primary N) is 1. The lowest BCUT2D eigenvalue weighted by Gasteiger charge is -2.35. The van der Waals surface area contributed by atoms with Crippen LogP contribution in [0.1, 0.15) is 18.0 Å². The molecule has 0 aliphatic carbocycles. The molecule has 0 fully saturated rings. The Balaban J connectivity index is 1.89. The van der Waals surface area contributed by atoms with Crippen LogP contribution in [0, 0.1) is 0 Å². The van der Waals surface area contributed by atoms with Gasteiger partial charge in [0.05, 0.1) is 25.9 Å². The molecular formula is C15H24N2O3. The predicted molar refractivity (Wildman–Crippen MR) is 78.9 cm³/mol. The maximum Gasteiger partial charge on any atom is 0.0948 e. The second-order valence-corrected chi connectivity index (χ2v) is 5.12. The molecular weight excluding hydrogens is 256 g/mol. The SMILES string of the molecule is COCCOCC(O)CN1CCC(N)c2ccccc21. The summed E-state index contributed by atoms with van der Waals surface area (Å²) in [5.74, 6) is 0. The number of fused-ring (bicyclic) bond motifs is 1. The highest BCUT2D eigenvalue weighted by Gasteiger charge is 2.23. The van der Waals surface area contributed by atoms with Gasteiger partial charge in [-0.3, -0.25) is 0 Å². The molecule has 1 aromatic rings. The fraction of sp³-hybridized carbons (Fsp3) is 0.600. The van der Waals surface area contributed by atoms with Gasteiger partial charge in [-0.15, -0.1) is 0 Å². The van der Waals surface area contributed by atoms with E-state index in [1.54, 1.807) is 7.11 Å². The van der Waals surface area contributed by atoms with Crippen LogP contribution in [0.5, 0.6) is 0 Å². The standard InChI is InChI=1S/C15H24N2O3/c1-19-8-9-20-11-12(18)10-17-7-6-14(16)13-4-2-3-5-15(13)17/h2-5,12,14,18H,6-11,16H2,1H3. The number of hydrogen-bond acceptors (Lipinski definition) is 5. The van der Waals surface area contributed by atoms with Crippen molar-refractivity contribution in [2.45, 2.75) is 18.6 Å². The van der Waals surface area contributed by atoms with E-state index in [0.717, 1.165) is 24.2 Å². The normalized spacial score (nSPS) is 19.8. The van der Waals surface area contributed by atoms with Gasteiger partial charge in [0.15, 0.2) is 0 Å². The number of benzene rings is 1. The van der Waals surface area contributed by atoms with Gasteiger partial charge in [-0.1, -0.05) is 18.2 Å². The smallest absolute Gasteiger partial charge is 0.0948 e. The molecule has 0 radical (unpaired) electrons. The molecule has 1 heterocycles. The molecule has 0 spiro atoms. The van der Waals surface area contributed by atoms with Crippen molar-refractivity contribution < 1.29 is 14.6 Å². The number of methoxy groups -OCH3 is 1. The second-order valence-electron chi connectivity index (χ2n) is 5.12. The number of ether oxygens (including phenoxy) is 2. The molecule has 0 saturated heterocycles. The molecule has 1 aliphatic rings. The Morgan fingerprint density at radius 1 is 1.40 bits per heavy atom. The zero-order valence-corrected chi connectivity index (χ0v) is 12.0. The van der Waals surface area contributed by atoms with E-state index in [4.69, 9.17) is 15.2 Å². The lowest BCUT2D eigenvalue weighted by Crippen LogP contribution is -2.40. The molecule has 1 aromatic carbocycles. The largest absolute Gasteiger partial charge is 0.389 e. The summed E-state index contributed by atoms with van der Waals surface area (Å²) >= 11 is 0. The highest BCUT2D eigenvalue weighted by atomic mass is 16.5. The van der Waals surface area contributed by atoms with E-state index < -0.39 is 6.10 Å². The molecule has 0 saturated carbocycles. The number of para-hydroxylation sites is 1. The van der Waals surface area contributed by atoms with Gasteiger partial charge in [-0.05, 0) is 18.1 Å². The molecule has 2 rings (SSSR count). The average molecular weight is 280 g/mol. The molecule has 1 aliphatic heterocycles. The summed E-state index contributed by atoms with van der Waals surface area (Å²) in [5.41, 5.74) is 8.41. The molecule has 5 heteroatoms. The number of β-amino-alcohol motifs (C(OH)–C–C–N with tert-alkyl or cyclic N) is 1. The Kier molecular flexibility index (Phi) is 5.79. The first-order chi connectivity index (χ1) is 9.72. The van der Waals surface area contributed by atoms with Crippen LogP contribution in [0.25, 0.3) is 0 Å². The van der Waals surface area contributed by atoms with Gasteiger partial charge >= 0.3 is 0 Å². The highest BCUT2D eigenvalue weighted by molar-refractivity contribution is 5.56. The minimum absolute atomic E-state index is 0.0949. The van der Waals surface area contributed by atoms with Crippen LogP contribution < -0.4 is 10.6 Å². The predicted octanol–water partition coefficient (Wildman–Crippen LogP) is 0.920. The number of rotatable bonds is 7. The summed E-state index contributed by atoms with van der Waals surface area (Å²) in [6, 6.07) is 8.23. The van der Waals surface area contributed by atoms with Gasteiger partial charge in [0.1, 0.15) is 0 Å². The first kappa shape index (κ1) is 15.3. The Hall–Kier alpha value is -1.14. The molecule has 20 heavy (non-hydrogen) atoms. The molecule has 3 N–H and O–H groups in total. The highest BCUT2D eigenvalue weighted by Crippen LogP contribution is 2.31. The summed E-state index contributed by atoms with van der Waals surface area (Å²) < 4.78 is 10.3. The van der Waals surface area contributed by atoms with E-state index in [2.05, 4.69) is 17.0 Å². The van der Waals surface area contributed by atoms with Gasteiger partial charge in [-0.25, -0.2) is 0 Å². The average Bonchev–Trinajstić information content (AvgIpc) is 2.47.